The van der Waals surface area contributed by atoms with E-state index in [0.717, 1.165) is 29.8 Å². The van der Waals surface area contributed by atoms with Crippen LogP contribution in [0.3, 0.4) is 0 Å². The van der Waals surface area contributed by atoms with Crippen molar-refractivity contribution in [2.75, 3.05) is 20.3 Å². The minimum absolute atomic E-state index is 0.100. The van der Waals surface area contributed by atoms with Gasteiger partial charge in [0.05, 0.1) is 12.2 Å². The minimum Gasteiger partial charge on any atom is -0.460 e. The van der Waals surface area contributed by atoms with Crippen LogP contribution in [-0.2, 0) is 25.5 Å². The number of hydrogen-bond donors (Lipinski definition) is 1. The first kappa shape index (κ1) is 21.3. The van der Waals surface area contributed by atoms with Crippen LogP contribution in [0.5, 0.6) is 0 Å². The summed E-state index contributed by atoms with van der Waals surface area (Å²) in [5, 5.41) is 3.35. The second-order valence-corrected chi connectivity index (χ2v) is 8.65. The van der Waals surface area contributed by atoms with Gasteiger partial charge in [-0.15, -0.1) is 0 Å². The quantitative estimate of drug-likeness (QED) is 0.580. The van der Waals surface area contributed by atoms with Gasteiger partial charge in [-0.3, -0.25) is 4.79 Å². The van der Waals surface area contributed by atoms with Crippen molar-refractivity contribution in [3.05, 3.63) is 57.9 Å². The Morgan fingerprint density at radius 1 is 1.17 bits per heavy atom. The number of ketones is 1. The fraction of sp³-hybridized carbons (Fsp3) is 0.500. The maximum Gasteiger partial charge on any atom is 0.336 e. The van der Waals surface area contributed by atoms with Crippen molar-refractivity contribution in [2.24, 2.45) is 5.41 Å². The number of Topliss-reactive ketones (excluding diaryl/α,β-unsaturated/α-hetero) is 1. The third kappa shape index (κ3) is 4.45. The van der Waals surface area contributed by atoms with E-state index in [1.807, 2.05) is 19.1 Å². The predicted octanol–water partition coefficient (Wildman–Crippen LogP) is 4.04. The van der Waals surface area contributed by atoms with Gasteiger partial charge in [0.1, 0.15) is 6.61 Å². The number of rotatable bonds is 6. The first-order valence-corrected chi connectivity index (χ1v) is 10.3. The zero-order valence-corrected chi connectivity index (χ0v) is 18.1. The molecule has 2 aliphatic rings. The maximum absolute atomic E-state index is 13.2. The average Bonchev–Trinajstić information content (AvgIpc) is 2.66. The maximum atomic E-state index is 13.2. The van der Waals surface area contributed by atoms with Gasteiger partial charge in [-0.2, -0.15) is 0 Å². The minimum atomic E-state index is -0.407. The highest BCUT2D eigenvalue weighted by Gasteiger charge is 2.43. The molecule has 0 radical (unpaired) electrons. The lowest BCUT2D eigenvalue weighted by Gasteiger charge is -2.39. The molecule has 0 aromatic heterocycles. The van der Waals surface area contributed by atoms with Crippen molar-refractivity contribution in [1.82, 2.24) is 5.32 Å². The lowest BCUT2D eigenvalue weighted by Crippen LogP contribution is -2.38. The number of hydrogen-bond acceptors (Lipinski definition) is 5. The largest absolute Gasteiger partial charge is 0.460 e. The smallest absolute Gasteiger partial charge is 0.336 e. The number of carbonyl (C=O) groups is 2. The van der Waals surface area contributed by atoms with E-state index in [-0.39, 0.29) is 17.8 Å². The molecule has 5 heteroatoms. The summed E-state index contributed by atoms with van der Waals surface area (Å²) < 4.78 is 10.4. The highest BCUT2D eigenvalue weighted by Crippen LogP contribution is 2.46. The van der Waals surface area contributed by atoms with Crippen LogP contribution in [0.1, 0.15) is 57.6 Å². The third-order valence-corrected chi connectivity index (χ3v) is 5.70. The molecule has 0 spiro atoms. The van der Waals surface area contributed by atoms with Gasteiger partial charge in [0, 0.05) is 36.4 Å². The molecule has 3 rings (SSSR count). The molecule has 0 fully saturated rings. The number of methoxy groups -OCH3 is 1. The zero-order valence-electron chi connectivity index (χ0n) is 18.1. The number of nitrogens with one attached hydrogen (secondary N) is 1. The molecular weight excluding hydrogens is 366 g/mol. The molecule has 1 aliphatic heterocycles. The van der Waals surface area contributed by atoms with E-state index in [0.29, 0.717) is 24.2 Å². The Balaban J connectivity index is 2.07. The van der Waals surface area contributed by atoms with E-state index in [1.54, 1.807) is 7.11 Å². The summed E-state index contributed by atoms with van der Waals surface area (Å²) in [6.45, 7) is 8.72. The Labute approximate surface area is 173 Å². The number of aryl methyl sites for hydroxylation is 1. The third-order valence-electron chi connectivity index (χ3n) is 5.70. The molecular formula is C24H31NO4. The van der Waals surface area contributed by atoms with Crippen LogP contribution in [0, 0.1) is 5.41 Å². The Morgan fingerprint density at radius 3 is 2.48 bits per heavy atom. The van der Waals surface area contributed by atoms with Crippen LogP contribution in [0.4, 0.5) is 0 Å². The zero-order chi connectivity index (χ0) is 21.2. The van der Waals surface area contributed by atoms with Crippen molar-refractivity contribution >= 4 is 11.8 Å². The molecule has 1 heterocycles. The van der Waals surface area contributed by atoms with Gasteiger partial charge >= 0.3 is 5.97 Å². The number of esters is 1. The normalized spacial score (nSPS) is 21.0. The molecule has 1 aliphatic carbocycles. The van der Waals surface area contributed by atoms with Gasteiger partial charge in [-0.25, -0.2) is 4.79 Å². The molecule has 0 bridgehead atoms. The van der Waals surface area contributed by atoms with E-state index in [9.17, 15) is 9.59 Å². The monoisotopic (exact) mass is 397 g/mol. The predicted molar refractivity (Wildman–Crippen MR) is 112 cm³/mol. The molecule has 156 valence electrons. The van der Waals surface area contributed by atoms with E-state index in [4.69, 9.17) is 9.47 Å². The molecule has 0 saturated heterocycles. The number of dihydropyridines is 1. The molecule has 5 nitrogen and oxygen atoms in total. The van der Waals surface area contributed by atoms with Crippen LogP contribution < -0.4 is 5.32 Å². The fourth-order valence-corrected chi connectivity index (χ4v) is 4.28. The second kappa shape index (κ2) is 8.54. The van der Waals surface area contributed by atoms with Crippen molar-refractivity contribution in [3.8, 4) is 0 Å². The molecule has 29 heavy (non-hydrogen) atoms. The molecule has 0 amide bonds. The Hall–Kier alpha value is -2.40. The van der Waals surface area contributed by atoms with Crippen LogP contribution in [0.2, 0.25) is 0 Å². The SMILES string of the molecule is CCc1ccc([C@H]2C(C(=O)OCCOC)=C(C)NC3=C2C(=O)CC(C)(C)C3)cc1. The standard InChI is InChI=1S/C24H31NO4/c1-6-16-7-9-17(10-8-16)21-20(23(27)29-12-11-28-5)15(2)25-18-13-24(3,4)14-19(26)22(18)21/h7-10,21,25H,6,11-14H2,1-5H3/t21-/m0/s1. The van der Waals surface area contributed by atoms with Gasteiger partial charge in [-0.05, 0) is 36.3 Å². The first-order chi connectivity index (χ1) is 13.8. The molecule has 1 aromatic carbocycles. The van der Waals surface area contributed by atoms with Crippen molar-refractivity contribution in [2.45, 2.75) is 52.9 Å². The van der Waals surface area contributed by atoms with Gasteiger partial charge in [0.2, 0.25) is 0 Å². The summed E-state index contributed by atoms with van der Waals surface area (Å²) in [5.41, 5.74) is 4.97. The Morgan fingerprint density at radius 2 is 1.86 bits per heavy atom. The molecule has 0 unspecified atom stereocenters. The molecule has 1 N–H and O–H groups in total. The highest BCUT2D eigenvalue weighted by atomic mass is 16.6. The number of allylic oxidation sites excluding steroid dienone is 3. The molecule has 0 saturated carbocycles. The lowest BCUT2D eigenvalue weighted by atomic mass is 9.68. The van der Waals surface area contributed by atoms with E-state index in [2.05, 4.69) is 38.2 Å². The summed E-state index contributed by atoms with van der Waals surface area (Å²) in [6, 6.07) is 8.19. The molecule has 1 aromatic rings. The van der Waals surface area contributed by atoms with Gasteiger partial charge in [0.15, 0.2) is 5.78 Å². The van der Waals surface area contributed by atoms with Crippen molar-refractivity contribution < 1.29 is 19.1 Å². The summed E-state index contributed by atoms with van der Waals surface area (Å²) in [5.74, 6) is -0.709. The number of ether oxygens (including phenoxy) is 2. The van der Waals surface area contributed by atoms with Gasteiger partial charge in [-0.1, -0.05) is 45.0 Å². The van der Waals surface area contributed by atoms with E-state index in [1.165, 1.54) is 5.56 Å². The summed E-state index contributed by atoms with van der Waals surface area (Å²) in [4.78, 5) is 26.2. The summed E-state index contributed by atoms with van der Waals surface area (Å²) in [7, 11) is 1.57. The van der Waals surface area contributed by atoms with Crippen LogP contribution in [0.15, 0.2) is 46.8 Å². The van der Waals surface area contributed by atoms with E-state index < -0.39 is 11.9 Å². The number of benzene rings is 1. The summed E-state index contributed by atoms with van der Waals surface area (Å²) in [6.07, 6.45) is 2.19. The number of carbonyl (C=O) groups excluding carboxylic acids is 2. The Bertz CT molecular complexity index is 861. The Kier molecular flexibility index (Phi) is 6.27. The second-order valence-electron chi connectivity index (χ2n) is 8.65. The lowest BCUT2D eigenvalue weighted by molar-refractivity contribution is -0.140. The summed E-state index contributed by atoms with van der Waals surface area (Å²) >= 11 is 0. The van der Waals surface area contributed by atoms with Gasteiger partial charge in [0.25, 0.3) is 0 Å². The van der Waals surface area contributed by atoms with Crippen LogP contribution in [-0.4, -0.2) is 32.1 Å². The van der Waals surface area contributed by atoms with Gasteiger partial charge < -0.3 is 14.8 Å². The van der Waals surface area contributed by atoms with Crippen LogP contribution in [0.25, 0.3) is 0 Å². The highest BCUT2D eigenvalue weighted by molar-refractivity contribution is 6.04. The van der Waals surface area contributed by atoms with Crippen molar-refractivity contribution in [3.63, 3.8) is 0 Å². The van der Waals surface area contributed by atoms with Crippen LogP contribution >= 0.6 is 0 Å². The fourth-order valence-electron chi connectivity index (χ4n) is 4.28. The van der Waals surface area contributed by atoms with E-state index >= 15 is 0 Å². The van der Waals surface area contributed by atoms with Crippen molar-refractivity contribution in [1.29, 1.82) is 0 Å². The molecule has 1 atom stereocenters. The first-order valence-electron chi connectivity index (χ1n) is 10.3. The topological polar surface area (TPSA) is 64.6 Å². The average molecular weight is 398 g/mol.